The lowest BCUT2D eigenvalue weighted by Gasteiger charge is -2.19. The van der Waals surface area contributed by atoms with Crippen LogP contribution in [0.5, 0.6) is 17.2 Å². The summed E-state index contributed by atoms with van der Waals surface area (Å²) >= 11 is 5.94. The third-order valence-electron chi connectivity index (χ3n) is 2.70. The molecule has 0 radical (unpaired) electrons. The van der Waals surface area contributed by atoms with Crippen molar-refractivity contribution in [2.24, 2.45) is 0 Å². The monoisotopic (exact) mass is 244 g/mol. The standard InChI is InChI=1S/C12H17ClO3/c1-7-9(6-13)12(16-5)11(15-4)8(2)10(7)14-3/h6H2,1-5H3. The van der Waals surface area contributed by atoms with Gasteiger partial charge in [-0.1, -0.05) is 0 Å². The van der Waals surface area contributed by atoms with Gasteiger partial charge in [-0.25, -0.2) is 0 Å². The fourth-order valence-electron chi connectivity index (χ4n) is 1.93. The molecule has 1 aromatic rings. The van der Waals surface area contributed by atoms with Crippen molar-refractivity contribution in [3.8, 4) is 17.2 Å². The normalized spacial score (nSPS) is 10.1. The van der Waals surface area contributed by atoms with Gasteiger partial charge < -0.3 is 14.2 Å². The first kappa shape index (κ1) is 13.0. The van der Waals surface area contributed by atoms with Crippen molar-refractivity contribution < 1.29 is 14.2 Å². The van der Waals surface area contributed by atoms with Crippen LogP contribution in [0.3, 0.4) is 0 Å². The first-order chi connectivity index (χ1) is 7.62. The first-order valence-corrected chi connectivity index (χ1v) is 5.49. The smallest absolute Gasteiger partial charge is 0.167 e. The van der Waals surface area contributed by atoms with E-state index in [1.165, 1.54) is 0 Å². The molecule has 0 atom stereocenters. The third kappa shape index (κ3) is 1.92. The molecule has 0 N–H and O–H groups in total. The van der Waals surface area contributed by atoms with E-state index < -0.39 is 0 Å². The zero-order valence-corrected chi connectivity index (χ0v) is 11.1. The number of hydrogen-bond donors (Lipinski definition) is 0. The molecule has 90 valence electrons. The Kier molecular flexibility index (Phi) is 4.30. The maximum atomic E-state index is 5.94. The highest BCUT2D eigenvalue weighted by molar-refractivity contribution is 6.17. The summed E-state index contributed by atoms with van der Waals surface area (Å²) in [5.41, 5.74) is 2.82. The van der Waals surface area contributed by atoms with Crippen molar-refractivity contribution in [1.82, 2.24) is 0 Å². The molecule has 0 bridgehead atoms. The second kappa shape index (κ2) is 5.30. The number of alkyl halides is 1. The molecule has 0 heterocycles. The van der Waals surface area contributed by atoms with Gasteiger partial charge in [-0.05, 0) is 19.4 Å². The predicted molar refractivity (Wildman–Crippen MR) is 65.1 cm³/mol. The van der Waals surface area contributed by atoms with Gasteiger partial charge in [0, 0.05) is 11.1 Å². The van der Waals surface area contributed by atoms with Crippen molar-refractivity contribution in [2.45, 2.75) is 19.7 Å². The summed E-state index contributed by atoms with van der Waals surface area (Å²) in [6.07, 6.45) is 0. The van der Waals surface area contributed by atoms with E-state index in [2.05, 4.69) is 0 Å². The van der Waals surface area contributed by atoms with Crippen molar-refractivity contribution in [1.29, 1.82) is 0 Å². The molecule has 0 saturated carbocycles. The zero-order chi connectivity index (χ0) is 12.3. The molecule has 0 aliphatic carbocycles. The molecule has 0 fully saturated rings. The Morgan fingerprint density at radius 1 is 0.812 bits per heavy atom. The second-order valence-corrected chi connectivity index (χ2v) is 3.73. The minimum atomic E-state index is 0.363. The van der Waals surface area contributed by atoms with Gasteiger partial charge in [-0.3, -0.25) is 0 Å². The molecule has 3 nitrogen and oxygen atoms in total. The highest BCUT2D eigenvalue weighted by atomic mass is 35.5. The van der Waals surface area contributed by atoms with Crippen LogP contribution >= 0.6 is 11.6 Å². The van der Waals surface area contributed by atoms with E-state index in [-0.39, 0.29) is 0 Å². The number of rotatable bonds is 4. The molecule has 0 spiro atoms. The number of halogens is 1. The molecule has 16 heavy (non-hydrogen) atoms. The van der Waals surface area contributed by atoms with Crippen LogP contribution in [0.15, 0.2) is 0 Å². The molecular formula is C12H17ClO3. The molecule has 4 heteroatoms. The topological polar surface area (TPSA) is 27.7 Å². The van der Waals surface area contributed by atoms with Crippen LogP contribution in [0.25, 0.3) is 0 Å². The van der Waals surface area contributed by atoms with Gasteiger partial charge in [0.1, 0.15) is 5.75 Å². The summed E-state index contributed by atoms with van der Waals surface area (Å²) in [7, 11) is 4.86. The molecule has 0 unspecified atom stereocenters. The summed E-state index contributed by atoms with van der Waals surface area (Å²) in [5.74, 6) is 2.53. The van der Waals surface area contributed by atoms with Crippen LogP contribution in [-0.2, 0) is 5.88 Å². The summed E-state index contributed by atoms with van der Waals surface area (Å²) in [6, 6.07) is 0. The van der Waals surface area contributed by atoms with Crippen LogP contribution in [0.4, 0.5) is 0 Å². The van der Waals surface area contributed by atoms with Crippen LogP contribution in [-0.4, -0.2) is 21.3 Å². The molecule has 0 aromatic heterocycles. The Morgan fingerprint density at radius 3 is 1.69 bits per heavy atom. The fraction of sp³-hybridized carbons (Fsp3) is 0.500. The number of ether oxygens (including phenoxy) is 3. The predicted octanol–water partition coefficient (Wildman–Crippen LogP) is 3.07. The molecular weight excluding hydrogens is 228 g/mol. The van der Waals surface area contributed by atoms with Crippen LogP contribution in [0.1, 0.15) is 16.7 Å². The lowest BCUT2D eigenvalue weighted by atomic mass is 10.0. The SMILES string of the molecule is COc1c(C)c(CCl)c(OC)c(OC)c1C. The Hall–Kier alpha value is -1.09. The maximum Gasteiger partial charge on any atom is 0.167 e. The van der Waals surface area contributed by atoms with Gasteiger partial charge in [0.25, 0.3) is 0 Å². The van der Waals surface area contributed by atoms with Gasteiger partial charge in [-0.15, -0.1) is 11.6 Å². The van der Waals surface area contributed by atoms with E-state index in [1.807, 2.05) is 13.8 Å². The van der Waals surface area contributed by atoms with E-state index in [9.17, 15) is 0 Å². The number of hydrogen-bond acceptors (Lipinski definition) is 3. The van der Waals surface area contributed by atoms with E-state index >= 15 is 0 Å². The van der Waals surface area contributed by atoms with Gasteiger partial charge in [0.05, 0.1) is 27.2 Å². The highest BCUT2D eigenvalue weighted by Crippen LogP contribution is 2.43. The number of benzene rings is 1. The number of methoxy groups -OCH3 is 3. The maximum absolute atomic E-state index is 5.94. The summed E-state index contributed by atoms with van der Waals surface area (Å²) in [5, 5.41) is 0. The van der Waals surface area contributed by atoms with Gasteiger partial charge in [0.15, 0.2) is 11.5 Å². The Bertz CT molecular complexity index is 357. The second-order valence-electron chi connectivity index (χ2n) is 3.46. The molecule has 0 aliphatic rings. The lowest BCUT2D eigenvalue weighted by Crippen LogP contribution is -2.03. The average molecular weight is 245 g/mol. The molecule has 0 amide bonds. The van der Waals surface area contributed by atoms with Crippen LogP contribution in [0, 0.1) is 13.8 Å². The van der Waals surface area contributed by atoms with Crippen molar-refractivity contribution in [3.63, 3.8) is 0 Å². The van der Waals surface area contributed by atoms with E-state index in [4.69, 9.17) is 25.8 Å². The third-order valence-corrected chi connectivity index (χ3v) is 2.97. The quantitative estimate of drug-likeness (QED) is 0.762. The van der Waals surface area contributed by atoms with Crippen molar-refractivity contribution in [3.05, 3.63) is 16.7 Å². The summed E-state index contributed by atoms with van der Waals surface area (Å²) in [6.45, 7) is 3.90. The highest BCUT2D eigenvalue weighted by Gasteiger charge is 2.20. The minimum absolute atomic E-state index is 0.363. The lowest BCUT2D eigenvalue weighted by molar-refractivity contribution is 0.342. The molecule has 1 aromatic carbocycles. The molecule has 1 rings (SSSR count). The van der Waals surface area contributed by atoms with Crippen molar-refractivity contribution in [2.75, 3.05) is 21.3 Å². The van der Waals surface area contributed by atoms with Crippen LogP contribution < -0.4 is 14.2 Å². The Morgan fingerprint density at radius 2 is 1.31 bits per heavy atom. The van der Waals surface area contributed by atoms with Gasteiger partial charge in [-0.2, -0.15) is 0 Å². The Labute approximate surface area is 101 Å². The van der Waals surface area contributed by atoms with E-state index in [0.717, 1.165) is 22.4 Å². The largest absolute Gasteiger partial charge is 0.496 e. The Balaban J connectivity index is 3.61. The molecule has 0 aliphatic heterocycles. The van der Waals surface area contributed by atoms with Crippen LogP contribution in [0.2, 0.25) is 0 Å². The zero-order valence-electron chi connectivity index (χ0n) is 10.3. The summed E-state index contributed by atoms with van der Waals surface area (Å²) in [4.78, 5) is 0. The summed E-state index contributed by atoms with van der Waals surface area (Å²) < 4.78 is 16.1. The van der Waals surface area contributed by atoms with Crippen molar-refractivity contribution >= 4 is 11.6 Å². The van der Waals surface area contributed by atoms with E-state index in [0.29, 0.717) is 17.4 Å². The minimum Gasteiger partial charge on any atom is -0.496 e. The first-order valence-electron chi connectivity index (χ1n) is 4.96. The van der Waals surface area contributed by atoms with Gasteiger partial charge in [0.2, 0.25) is 0 Å². The van der Waals surface area contributed by atoms with E-state index in [1.54, 1.807) is 21.3 Å². The fourth-order valence-corrected chi connectivity index (χ4v) is 2.25. The molecule has 0 saturated heterocycles. The average Bonchev–Trinajstić information content (AvgIpc) is 2.29. The van der Waals surface area contributed by atoms with Gasteiger partial charge >= 0.3 is 0 Å².